The largest absolute Gasteiger partial charge is 0.425 e. The molecule has 120 valence electrons. The van der Waals surface area contributed by atoms with Crippen LogP contribution in [0.5, 0.6) is 0 Å². The molecule has 0 heterocycles. The third-order valence-electron chi connectivity index (χ3n) is 3.25. The van der Waals surface area contributed by atoms with E-state index in [9.17, 15) is 22.7 Å². The van der Waals surface area contributed by atoms with Crippen molar-refractivity contribution in [3.63, 3.8) is 0 Å². The topological polar surface area (TPSA) is 49.7 Å². The number of benzene rings is 1. The zero-order valence-corrected chi connectivity index (χ0v) is 11.5. The summed E-state index contributed by atoms with van der Waals surface area (Å²) in [5.41, 5.74) is -3.20. The quantitative estimate of drug-likeness (QED) is 0.761. The van der Waals surface area contributed by atoms with Crippen molar-refractivity contribution in [2.75, 3.05) is 6.61 Å². The van der Waals surface area contributed by atoms with Gasteiger partial charge in [0, 0.05) is 0 Å². The summed E-state index contributed by atoms with van der Waals surface area (Å²) in [4.78, 5) is 0. The summed E-state index contributed by atoms with van der Waals surface area (Å²) in [7, 11) is 0. The van der Waals surface area contributed by atoms with Gasteiger partial charge in [-0.3, -0.25) is 0 Å². The van der Waals surface area contributed by atoms with E-state index < -0.39 is 37.1 Å². The summed E-state index contributed by atoms with van der Waals surface area (Å²) in [6.07, 6.45) is -10.3. The number of rotatable bonds is 7. The molecule has 0 bridgehead atoms. The molecule has 0 spiro atoms. The molecule has 1 aromatic carbocycles. The Morgan fingerprint density at radius 2 is 1.71 bits per heavy atom. The average Bonchev–Trinajstić information content (AvgIpc) is 2.46. The van der Waals surface area contributed by atoms with Crippen LogP contribution in [-0.2, 0) is 11.3 Å². The number of aliphatic hydroxyl groups excluding tert-OH is 2. The lowest BCUT2D eigenvalue weighted by Crippen LogP contribution is -2.57. The van der Waals surface area contributed by atoms with E-state index in [0.717, 1.165) is 6.92 Å². The van der Waals surface area contributed by atoms with Crippen molar-refractivity contribution >= 4 is 0 Å². The first-order valence-electron chi connectivity index (χ1n) is 6.46. The molecule has 0 saturated heterocycles. The van der Waals surface area contributed by atoms with Crippen LogP contribution in [0, 0.1) is 0 Å². The maximum atomic E-state index is 14.3. The fraction of sp³-hybridized carbons (Fsp3) is 0.571. The van der Waals surface area contributed by atoms with Crippen molar-refractivity contribution in [2.45, 2.75) is 44.0 Å². The Morgan fingerprint density at radius 1 is 1.14 bits per heavy atom. The number of aliphatic hydroxyl groups is 2. The van der Waals surface area contributed by atoms with Gasteiger partial charge in [0.1, 0.15) is 12.2 Å². The molecule has 0 aliphatic heterocycles. The molecule has 0 aliphatic carbocycles. The van der Waals surface area contributed by atoms with Crippen LogP contribution < -0.4 is 0 Å². The highest BCUT2D eigenvalue weighted by molar-refractivity contribution is 5.13. The first kappa shape index (κ1) is 17.9. The first-order chi connectivity index (χ1) is 9.76. The van der Waals surface area contributed by atoms with Gasteiger partial charge in [-0.25, -0.2) is 4.39 Å². The predicted octanol–water partition coefficient (Wildman–Crippen LogP) is 2.61. The average molecular weight is 310 g/mol. The fourth-order valence-electron chi connectivity index (χ4n) is 1.97. The van der Waals surface area contributed by atoms with E-state index in [0.29, 0.717) is 5.56 Å². The first-order valence-corrected chi connectivity index (χ1v) is 6.46. The monoisotopic (exact) mass is 310 g/mol. The van der Waals surface area contributed by atoms with Gasteiger partial charge in [0.25, 0.3) is 0 Å². The SMILES string of the molecule is CC[C@@](F)([C@H](OCc1ccccc1)[C@H](O)CO)C(F)(F)F. The lowest BCUT2D eigenvalue weighted by molar-refractivity contribution is -0.284. The Labute approximate surface area is 120 Å². The van der Waals surface area contributed by atoms with E-state index in [-0.39, 0.29) is 6.61 Å². The van der Waals surface area contributed by atoms with E-state index in [1.807, 2.05) is 0 Å². The van der Waals surface area contributed by atoms with Crippen LogP contribution in [-0.4, -0.2) is 40.9 Å². The van der Waals surface area contributed by atoms with Crippen LogP contribution in [0.15, 0.2) is 30.3 Å². The minimum atomic E-state index is -5.21. The third-order valence-corrected chi connectivity index (χ3v) is 3.25. The number of hydrogen-bond acceptors (Lipinski definition) is 3. The van der Waals surface area contributed by atoms with Gasteiger partial charge in [0.15, 0.2) is 0 Å². The summed E-state index contributed by atoms with van der Waals surface area (Å²) in [5, 5.41) is 18.4. The number of hydrogen-bond donors (Lipinski definition) is 2. The van der Waals surface area contributed by atoms with E-state index in [2.05, 4.69) is 0 Å². The molecule has 1 rings (SSSR count). The van der Waals surface area contributed by atoms with E-state index in [1.54, 1.807) is 30.3 Å². The third kappa shape index (κ3) is 4.15. The Morgan fingerprint density at radius 3 is 2.14 bits per heavy atom. The van der Waals surface area contributed by atoms with Gasteiger partial charge in [-0.1, -0.05) is 37.3 Å². The van der Waals surface area contributed by atoms with Crippen LogP contribution in [0.4, 0.5) is 17.6 Å². The molecule has 0 radical (unpaired) electrons. The van der Waals surface area contributed by atoms with Gasteiger partial charge in [-0.05, 0) is 12.0 Å². The number of ether oxygens (including phenoxy) is 1. The minimum Gasteiger partial charge on any atom is -0.394 e. The van der Waals surface area contributed by atoms with Crippen molar-refractivity contribution in [3.8, 4) is 0 Å². The second-order valence-corrected chi connectivity index (χ2v) is 4.68. The highest BCUT2D eigenvalue weighted by Gasteiger charge is 2.62. The van der Waals surface area contributed by atoms with Crippen molar-refractivity contribution < 1.29 is 32.5 Å². The van der Waals surface area contributed by atoms with Gasteiger partial charge in [0.05, 0.1) is 13.2 Å². The Hall–Kier alpha value is -1.18. The van der Waals surface area contributed by atoms with Gasteiger partial charge in [0.2, 0.25) is 5.67 Å². The van der Waals surface area contributed by atoms with Crippen LogP contribution in [0.3, 0.4) is 0 Å². The van der Waals surface area contributed by atoms with E-state index >= 15 is 0 Å². The standard InChI is InChI=1S/C14H18F4O3/c1-2-13(15,14(16,17)18)12(11(20)8-19)21-9-10-6-4-3-5-7-10/h3-7,11-12,19-20H,2,8-9H2,1H3/t11-,12-,13-/m1/s1. The predicted molar refractivity (Wildman–Crippen MR) is 68.3 cm³/mol. The van der Waals surface area contributed by atoms with Gasteiger partial charge in [-0.15, -0.1) is 0 Å². The Balaban J connectivity index is 2.95. The molecule has 21 heavy (non-hydrogen) atoms. The highest BCUT2D eigenvalue weighted by Crippen LogP contribution is 2.42. The van der Waals surface area contributed by atoms with E-state index in [1.165, 1.54) is 0 Å². The summed E-state index contributed by atoms with van der Waals surface area (Å²) >= 11 is 0. The summed E-state index contributed by atoms with van der Waals surface area (Å²) in [6.45, 7) is -0.317. The maximum absolute atomic E-state index is 14.3. The fourth-order valence-corrected chi connectivity index (χ4v) is 1.97. The minimum absolute atomic E-state index is 0.301. The van der Waals surface area contributed by atoms with Gasteiger partial charge < -0.3 is 14.9 Å². The lowest BCUT2D eigenvalue weighted by Gasteiger charge is -2.36. The lowest BCUT2D eigenvalue weighted by atomic mass is 9.91. The molecule has 3 atom stereocenters. The molecule has 3 nitrogen and oxygen atoms in total. The summed E-state index contributed by atoms with van der Waals surface area (Å²) in [5.74, 6) is 0. The van der Waals surface area contributed by atoms with Crippen LogP contribution in [0.25, 0.3) is 0 Å². The smallest absolute Gasteiger partial charge is 0.394 e. The zero-order valence-electron chi connectivity index (χ0n) is 11.5. The van der Waals surface area contributed by atoms with Crippen molar-refractivity contribution in [1.82, 2.24) is 0 Å². The molecule has 0 aliphatic rings. The summed E-state index contributed by atoms with van der Waals surface area (Å²) in [6, 6.07) is 8.22. The molecule has 0 saturated carbocycles. The number of alkyl halides is 4. The molecule has 0 fully saturated rings. The molecule has 7 heteroatoms. The molecule has 0 amide bonds. The normalized spacial score (nSPS) is 18.0. The molecule has 2 N–H and O–H groups in total. The van der Waals surface area contributed by atoms with Gasteiger partial charge >= 0.3 is 6.18 Å². The van der Waals surface area contributed by atoms with Crippen molar-refractivity contribution in [2.24, 2.45) is 0 Å². The second-order valence-electron chi connectivity index (χ2n) is 4.68. The highest BCUT2D eigenvalue weighted by atomic mass is 19.4. The molecule has 1 aromatic rings. The van der Waals surface area contributed by atoms with Gasteiger partial charge in [-0.2, -0.15) is 13.2 Å². The molecule has 0 aromatic heterocycles. The van der Waals surface area contributed by atoms with Crippen molar-refractivity contribution in [3.05, 3.63) is 35.9 Å². The second kappa shape index (κ2) is 7.20. The van der Waals surface area contributed by atoms with Crippen LogP contribution in [0.2, 0.25) is 0 Å². The maximum Gasteiger partial charge on any atom is 0.425 e. The molecular weight excluding hydrogens is 292 g/mol. The molecular formula is C14H18F4O3. The van der Waals surface area contributed by atoms with E-state index in [4.69, 9.17) is 9.84 Å². The van der Waals surface area contributed by atoms with Crippen LogP contribution >= 0.6 is 0 Å². The Bertz CT molecular complexity index is 424. The zero-order chi connectivity index (χ0) is 16.1. The number of halogens is 4. The van der Waals surface area contributed by atoms with Crippen molar-refractivity contribution in [1.29, 1.82) is 0 Å². The molecule has 0 unspecified atom stereocenters. The van der Waals surface area contributed by atoms with Crippen LogP contribution in [0.1, 0.15) is 18.9 Å². The summed E-state index contributed by atoms with van der Waals surface area (Å²) < 4.78 is 58.1. The Kier molecular flexibility index (Phi) is 6.12.